The Morgan fingerprint density at radius 3 is 3.16 bits per heavy atom. The molecule has 1 aromatic heterocycles. The number of oxime groups is 1. The quantitative estimate of drug-likeness (QED) is 0.856. The van der Waals surface area contributed by atoms with Crippen LogP contribution in [0.4, 0.5) is 0 Å². The van der Waals surface area contributed by atoms with Crippen LogP contribution >= 0.6 is 22.9 Å². The fourth-order valence-corrected chi connectivity index (χ4v) is 2.73. The fraction of sp³-hybridized carbons (Fsp3) is 0.417. The minimum atomic E-state index is -0.598. The Morgan fingerprint density at radius 1 is 1.74 bits per heavy atom. The van der Waals surface area contributed by atoms with Crippen molar-refractivity contribution in [2.45, 2.75) is 18.9 Å². The highest BCUT2D eigenvalue weighted by molar-refractivity contribution is 7.18. The normalized spacial score (nSPS) is 17.5. The van der Waals surface area contributed by atoms with Crippen molar-refractivity contribution in [2.75, 3.05) is 13.6 Å². The average molecular weight is 298 g/mol. The molecule has 100 valence electrons. The number of rotatable bonds is 4. The third-order valence-corrected chi connectivity index (χ3v) is 4.02. The highest BCUT2D eigenvalue weighted by Gasteiger charge is 2.31. The van der Waals surface area contributed by atoms with Gasteiger partial charge in [-0.1, -0.05) is 16.8 Å². The van der Waals surface area contributed by atoms with E-state index in [2.05, 4.69) is 5.16 Å². The first kappa shape index (κ1) is 13.8. The molecule has 0 aromatic carbocycles. The predicted octanol–water partition coefficient (Wildman–Crippen LogP) is 2.27. The van der Waals surface area contributed by atoms with Gasteiger partial charge in [-0.3, -0.25) is 4.79 Å². The summed E-state index contributed by atoms with van der Waals surface area (Å²) in [6.07, 6.45) is 0.148. The van der Waals surface area contributed by atoms with Gasteiger partial charge >= 0.3 is 0 Å². The summed E-state index contributed by atoms with van der Waals surface area (Å²) in [7, 11) is 1.66. The van der Waals surface area contributed by atoms with E-state index in [-0.39, 0.29) is 5.91 Å². The summed E-state index contributed by atoms with van der Waals surface area (Å²) < 4.78 is 0.679. The summed E-state index contributed by atoms with van der Waals surface area (Å²) in [6.45, 7) is 0.398. The van der Waals surface area contributed by atoms with Crippen LogP contribution in [0.2, 0.25) is 4.34 Å². The van der Waals surface area contributed by atoms with Gasteiger partial charge in [0.05, 0.1) is 21.7 Å². The SMILES string of the molecule is CN(CCC#N)C(=O)[C@H]1CC(c2ccc(Cl)s2)=NO1. The fourth-order valence-electron chi connectivity index (χ4n) is 1.70. The Balaban J connectivity index is 1.93. The van der Waals surface area contributed by atoms with Gasteiger partial charge in [-0.2, -0.15) is 5.26 Å². The van der Waals surface area contributed by atoms with E-state index < -0.39 is 6.10 Å². The van der Waals surface area contributed by atoms with E-state index in [1.54, 1.807) is 13.1 Å². The van der Waals surface area contributed by atoms with Crippen molar-refractivity contribution in [3.63, 3.8) is 0 Å². The average Bonchev–Trinajstić information content (AvgIpc) is 3.03. The Bertz CT molecular complexity index is 549. The molecule has 1 aliphatic heterocycles. The van der Waals surface area contributed by atoms with Crippen molar-refractivity contribution < 1.29 is 9.63 Å². The molecule has 1 aromatic rings. The molecule has 1 aliphatic rings. The van der Waals surface area contributed by atoms with Crippen molar-refractivity contribution in [1.82, 2.24) is 4.90 Å². The monoisotopic (exact) mass is 297 g/mol. The number of likely N-dealkylation sites (N-methyl/N-ethyl adjacent to an activating group) is 1. The number of carbonyl (C=O) groups excluding carboxylic acids is 1. The first-order valence-corrected chi connectivity index (χ1v) is 6.91. The molecule has 5 nitrogen and oxygen atoms in total. The zero-order valence-corrected chi connectivity index (χ0v) is 11.9. The third-order valence-electron chi connectivity index (χ3n) is 2.74. The molecule has 1 atom stereocenters. The molecule has 0 radical (unpaired) electrons. The van der Waals surface area contributed by atoms with Gasteiger partial charge < -0.3 is 9.74 Å². The number of thiophene rings is 1. The molecule has 0 N–H and O–H groups in total. The number of hydrogen-bond acceptors (Lipinski definition) is 5. The van der Waals surface area contributed by atoms with Crippen LogP contribution in [0.1, 0.15) is 17.7 Å². The first-order valence-electron chi connectivity index (χ1n) is 5.72. The summed E-state index contributed by atoms with van der Waals surface area (Å²) >= 11 is 7.27. The molecule has 0 saturated heterocycles. The summed E-state index contributed by atoms with van der Waals surface area (Å²) in [5.41, 5.74) is 0.740. The van der Waals surface area contributed by atoms with Crippen LogP contribution in [-0.2, 0) is 9.63 Å². The minimum absolute atomic E-state index is 0.156. The number of carbonyl (C=O) groups is 1. The first-order chi connectivity index (χ1) is 9.11. The van der Waals surface area contributed by atoms with Crippen LogP contribution < -0.4 is 0 Å². The molecule has 2 rings (SSSR count). The van der Waals surface area contributed by atoms with Crippen molar-refractivity contribution in [2.24, 2.45) is 5.16 Å². The van der Waals surface area contributed by atoms with Crippen LogP contribution in [0.5, 0.6) is 0 Å². The number of hydrogen-bond donors (Lipinski definition) is 0. The van der Waals surface area contributed by atoms with E-state index in [0.717, 1.165) is 10.6 Å². The van der Waals surface area contributed by atoms with Gasteiger partial charge in [0.15, 0.2) is 0 Å². The summed E-state index contributed by atoms with van der Waals surface area (Å²) in [5, 5.41) is 12.4. The molecule has 0 spiro atoms. The van der Waals surface area contributed by atoms with Crippen LogP contribution in [0, 0.1) is 11.3 Å². The summed E-state index contributed by atoms with van der Waals surface area (Å²) in [5.74, 6) is -0.156. The van der Waals surface area contributed by atoms with E-state index in [4.69, 9.17) is 21.7 Å². The van der Waals surface area contributed by atoms with Crippen LogP contribution in [0.25, 0.3) is 0 Å². The Kier molecular flexibility index (Phi) is 4.40. The molecular formula is C12H12ClN3O2S. The van der Waals surface area contributed by atoms with Crippen molar-refractivity contribution in [3.8, 4) is 6.07 Å². The molecular weight excluding hydrogens is 286 g/mol. The molecule has 0 fully saturated rings. The lowest BCUT2D eigenvalue weighted by molar-refractivity contribution is -0.140. The minimum Gasteiger partial charge on any atom is -0.382 e. The maximum atomic E-state index is 12.0. The van der Waals surface area contributed by atoms with Crippen LogP contribution in [-0.4, -0.2) is 36.2 Å². The molecule has 2 heterocycles. The Labute approximate surface area is 120 Å². The molecule has 0 bridgehead atoms. The lowest BCUT2D eigenvalue weighted by Crippen LogP contribution is -2.37. The number of amides is 1. The standard InChI is InChI=1S/C12H12ClN3O2S/c1-16(6-2-5-14)12(17)9-7-8(15-18-9)10-3-4-11(13)19-10/h3-4,9H,2,6-7H2,1H3/t9-/m1/s1. The van der Waals surface area contributed by atoms with Gasteiger partial charge in [-0.05, 0) is 12.1 Å². The van der Waals surface area contributed by atoms with Crippen molar-refractivity contribution in [3.05, 3.63) is 21.3 Å². The van der Waals surface area contributed by atoms with Gasteiger partial charge in [-0.15, -0.1) is 11.3 Å². The van der Waals surface area contributed by atoms with Gasteiger partial charge in [0.1, 0.15) is 5.71 Å². The highest BCUT2D eigenvalue weighted by Crippen LogP contribution is 2.26. The molecule has 1 amide bonds. The Morgan fingerprint density at radius 2 is 2.53 bits per heavy atom. The zero-order valence-electron chi connectivity index (χ0n) is 10.3. The second kappa shape index (κ2) is 6.04. The Hall–Kier alpha value is -1.58. The largest absolute Gasteiger partial charge is 0.382 e. The van der Waals surface area contributed by atoms with E-state index in [1.807, 2.05) is 12.1 Å². The van der Waals surface area contributed by atoms with E-state index >= 15 is 0 Å². The van der Waals surface area contributed by atoms with E-state index in [1.165, 1.54) is 16.2 Å². The van der Waals surface area contributed by atoms with E-state index in [9.17, 15) is 4.79 Å². The second-order valence-corrected chi connectivity index (χ2v) is 5.82. The van der Waals surface area contributed by atoms with E-state index in [0.29, 0.717) is 23.7 Å². The topological polar surface area (TPSA) is 65.7 Å². The maximum Gasteiger partial charge on any atom is 0.266 e. The van der Waals surface area contributed by atoms with Gasteiger partial charge in [-0.25, -0.2) is 0 Å². The predicted molar refractivity (Wildman–Crippen MR) is 73.2 cm³/mol. The van der Waals surface area contributed by atoms with Gasteiger partial charge in [0.25, 0.3) is 5.91 Å². The van der Waals surface area contributed by atoms with Crippen molar-refractivity contribution >= 4 is 34.6 Å². The molecule has 0 saturated carbocycles. The highest BCUT2D eigenvalue weighted by atomic mass is 35.5. The van der Waals surface area contributed by atoms with Crippen LogP contribution in [0.3, 0.4) is 0 Å². The molecule has 0 aliphatic carbocycles. The number of nitriles is 1. The second-order valence-electron chi connectivity index (χ2n) is 4.11. The smallest absolute Gasteiger partial charge is 0.266 e. The number of nitrogens with zero attached hydrogens (tertiary/aromatic N) is 3. The molecule has 7 heteroatoms. The maximum absolute atomic E-state index is 12.0. The lowest BCUT2D eigenvalue weighted by Gasteiger charge is -2.18. The summed E-state index contributed by atoms with van der Waals surface area (Å²) in [6, 6.07) is 5.66. The zero-order chi connectivity index (χ0) is 13.8. The third kappa shape index (κ3) is 3.25. The summed E-state index contributed by atoms with van der Waals surface area (Å²) in [4.78, 5) is 19.6. The van der Waals surface area contributed by atoms with Crippen LogP contribution in [0.15, 0.2) is 17.3 Å². The van der Waals surface area contributed by atoms with Crippen molar-refractivity contribution in [1.29, 1.82) is 5.26 Å². The lowest BCUT2D eigenvalue weighted by atomic mass is 10.1. The van der Waals surface area contributed by atoms with Gasteiger partial charge in [0.2, 0.25) is 6.10 Å². The number of halogens is 1. The molecule has 0 unspecified atom stereocenters. The molecule has 19 heavy (non-hydrogen) atoms. The van der Waals surface area contributed by atoms with Gasteiger partial charge in [0, 0.05) is 20.0 Å².